The highest BCUT2D eigenvalue weighted by Gasteiger charge is 1.99. The van der Waals surface area contributed by atoms with E-state index in [9.17, 15) is 0 Å². The molecule has 0 atom stereocenters. The first-order valence-corrected chi connectivity index (χ1v) is 6.15. The molecule has 2 aromatic rings. The fourth-order valence-electron chi connectivity index (χ4n) is 1.49. The van der Waals surface area contributed by atoms with Gasteiger partial charge in [-0.25, -0.2) is 0 Å². The summed E-state index contributed by atoms with van der Waals surface area (Å²) in [6, 6.07) is 9.87. The van der Waals surface area contributed by atoms with Crippen LogP contribution in [0.4, 0.5) is 11.4 Å². The molecule has 1 heterocycles. The van der Waals surface area contributed by atoms with E-state index in [4.69, 9.17) is 5.73 Å². The van der Waals surface area contributed by atoms with Crippen LogP contribution in [-0.4, -0.2) is 4.98 Å². The second-order valence-corrected chi connectivity index (χ2v) is 4.81. The molecule has 0 aliphatic heterocycles. The second-order valence-electron chi connectivity index (χ2n) is 3.89. The van der Waals surface area contributed by atoms with Crippen LogP contribution in [0.3, 0.4) is 0 Å². The summed E-state index contributed by atoms with van der Waals surface area (Å²) >= 11 is 3.38. The number of rotatable bonds is 3. The molecule has 1 aromatic carbocycles. The number of anilines is 2. The molecule has 4 heteroatoms. The number of nitrogens with zero attached hydrogens (tertiary/aromatic N) is 1. The van der Waals surface area contributed by atoms with Gasteiger partial charge in [0.2, 0.25) is 0 Å². The summed E-state index contributed by atoms with van der Waals surface area (Å²) < 4.78 is 0.984. The first-order valence-electron chi connectivity index (χ1n) is 5.35. The van der Waals surface area contributed by atoms with E-state index >= 15 is 0 Å². The van der Waals surface area contributed by atoms with E-state index in [1.807, 2.05) is 37.4 Å². The molecule has 0 spiro atoms. The van der Waals surface area contributed by atoms with E-state index in [2.05, 4.69) is 32.3 Å². The van der Waals surface area contributed by atoms with Crippen LogP contribution in [0.1, 0.15) is 11.3 Å². The van der Waals surface area contributed by atoms with Crippen molar-refractivity contribution >= 4 is 27.3 Å². The van der Waals surface area contributed by atoms with E-state index in [0.29, 0.717) is 0 Å². The van der Waals surface area contributed by atoms with E-state index in [1.165, 1.54) is 0 Å². The highest BCUT2D eigenvalue weighted by atomic mass is 79.9. The zero-order chi connectivity index (χ0) is 12.3. The summed E-state index contributed by atoms with van der Waals surface area (Å²) in [6.45, 7) is 2.70. The molecule has 0 saturated heterocycles. The highest BCUT2D eigenvalue weighted by Crippen LogP contribution is 2.23. The van der Waals surface area contributed by atoms with Crippen molar-refractivity contribution in [3.63, 3.8) is 0 Å². The molecule has 0 fully saturated rings. The molecule has 0 radical (unpaired) electrons. The number of aromatic nitrogens is 1. The van der Waals surface area contributed by atoms with Crippen LogP contribution in [0.2, 0.25) is 0 Å². The Kier molecular flexibility index (Phi) is 3.64. The number of nitrogen functional groups attached to an aromatic ring is 1. The van der Waals surface area contributed by atoms with E-state index in [0.717, 1.165) is 33.6 Å². The average Bonchev–Trinajstić information content (AvgIpc) is 2.30. The maximum Gasteiger partial charge on any atom is 0.0577 e. The Morgan fingerprint density at radius 1 is 1.29 bits per heavy atom. The molecular formula is C13H14BrN3. The number of nitrogens with two attached hydrogens (primary N) is 1. The summed E-state index contributed by atoms with van der Waals surface area (Å²) in [4.78, 5) is 4.25. The van der Waals surface area contributed by atoms with Gasteiger partial charge in [-0.3, -0.25) is 4.98 Å². The Balaban J connectivity index is 2.04. The molecule has 0 bridgehead atoms. The van der Waals surface area contributed by atoms with Crippen molar-refractivity contribution in [2.45, 2.75) is 13.5 Å². The number of aryl methyl sites for hydroxylation is 1. The van der Waals surface area contributed by atoms with Crippen LogP contribution in [0.25, 0.3) is 0 Å². The van der Waals surface area contributed by atoms with Crippen molar-refractivity contribution in [2.24, 2.45) is 0 Å². The zero-order valence-corrected chi connectivity index (χ0v) is 11.2. The third-order valence-electron chi connectivity index (χ3n) is 2.47. The molecule has 0 aliphatic rings. The van der Waals surface area contributed by atoms with Crippen LogP contribution >= 0.6 is 15.9 Å². The Labute approximate surface area is 109 Å². The Morgan fingerprint density at radius 2 is 2.12 bits per heavy atom. The second kappa shape index (κ2) is 5.19. The fourth-order valence-corrected chi connectivity index (χ4v) is 1.87. The normalized spacial score (nSPS) is 10.2. The standard InChI is InChI=1S/C13H14BrN3/c1-9-2-3-10(7-16-9)8-17-13-5-4-11(14)6-12(13)15/h2-7,17H,8,15H2,1H3. The van der Waals surface area contributed by atoms with Crippen molar-refractivity contribution in [2.75, 3.05) is 11.1 Å². The lowest BCUT2D eigenvalue weighted by atomic mass is 10.2. The number of hydrogen-bond donors (Lipinski definition) is 2. The van der Waals surface area contributed by atoms with Crippen molar-refractivity contribution in [1.29, 1.82) is 0 Å². The molecule has 88 valence electrons. The smallest absolute Gasteiger partial charge is 0.0577 e. The Hall–Kier alpha value is -1.55. The molecule has 2 rings (SSSR count). The van der Waals surface area contributed by atoms with Crippen LogP contribution < -0.4 is 11.1 Å². The van der Waals surface area contributed by atoms with Crippen molar-refractivity contribution in [1.82, 2.24) is 4.98 Å². The first-order chi connectivity index (χ1) is 8.15. The maximum atomic E-state index is 5.90. The summed E-state index contributed by atoms with van der Waals surface area (Å²) in [5.74, 6) is 0. The van der Waals surface area contributed by atoms with Crippen LogP contribution in [0.15, 0.2) is 41.0 Å². The molecule has 3 N–H and O–H groups in total. The number of nitrogens with one attached hydrogen (secondary N) is 1. The van der Waals surface area contributed by atoms with E-state index in [-0.39, 0.29) is 0 Å². The van der Waals surface area contributed by atoms with Crippen LogP contribution in [0, 0.1) is 6.92 Å². The third-order valence-corrected chi connectivity index (χ3v) is 2.96. The zero-order valence-electron chi connectivity index (χ0n) is 9.57. The van der Waals surface area contributed by atoms with Gasteiger partial charge in [0.05, 0.1) is 11.4 Å². The summed E-state index contributed by atoms with van der Waals surface area (Å²) in [6.07, 6.45) is 1.87. The van der Waals surface area contributed by atoms with Gasteiger partial charge in [0.25, 0.3) is 0 Å². The van der Waals surface area contributed by atoms with Gasteiger partial charge in [-0.2, -0.15) is 0 Å². The predicted molar refractivity (Wildman–Crippen MR) is 74.9 cm³/mol. The maximum absolute atomic E-state index is 5.90. The summed E-state index contributed by atoms with van der Waals surface area (Å²) in [5, 5.41) is 3.29. The number of pyridine rings is 1. The molecule has 17 heavy (non-hydrogen) atoms. The van der Waals surface area contributed by atoms with E-state index in [1.54, 1.807) is 0 Å². The van der Waals surface area contributed by atoms with Gasteiger partial charge in [-0.05, 0) is 36.8 Å². The Morgan fingerprint density at radius 3 is 2.76 bits per heavy atom. The predicted octanol–water partition coefficient (Wildman–Crippen LogP) is 3.35. The minimum absolute atomic E-state index is 0.721. The van der Waals surface area contributed by atoms with Crippen LogP contribution in [-0.2, 0) is 6.54 Å². The van der Waals surface area contributed by atoms with Gasteiger partial charge >= 0.3 is 0 Å². The molecule has 0 saturated carbocycles. The minimum atomic E-state index is 0.721. The lowest BCUT2D eigenvalue weighted by Crippen LogP contribution is -2.02. The quantitative estimate of drug-likeness (QED) is 0.853. The number of halogens is 1. The van der Waals surface area contributed by atoms with Crippen LogP contribution in [0.5, 0.6) is 0 Å². The van der Waals surface area contributed by atoms with Gasteiger partial charge in [-0.1, -0.05) is 22.0 Å². The third kappa shape index (κ3) is 3.20. The van der Waals surface area contributed by atoms with Gasteiger partial charge in [0.15, 0.2) is 0 Å². The largest absolute Gasteiger partial charge is 0.397 e. The summed E-state index contributed by atoms with van der Waals surface area (Å²) in [5.41, 5.74) is 9.74. The average molecular weight is 292 g/mol. The summed E-state index contributed by atoms with van der Waals surface area (Å²) in [7, 11) is 0. The number of hydrogen-bond acceptors (Lipinski definition) is 3. The van der Waals surface area contributed by atoms with Crippen molar-refractivity contribution in [3.8, 4) is 0 Å². The van der Waals surface area contributed by atoms with Crippen molar-refractivity contribution < 1.29 is 0 Å². The van der Waals surface area contributed by atoms with E-state index < -0.39 is 0 Å². The Bertz CT molecular complexity index is 509. The molecule has 0 amide bonds. The topological polar surface area (TPSA) is 50.9 Å². The minimum Gasteiger partial charge on any atom is -0.397 e. The molecular weight excluding hydrogens is 278 g/mol. The molecule has 0 unspecified atom stereocenters. The molecule has 1 aromatic heterocycles. The lowest BCUT2D eigenvalue weighted by molar-refractivity contribution is 1.09. The van der Waals surface area contributed by atoms with Gasteiger partial charge < -0.3 is 11.1 Å². The molecule has 0 aliphatic carbocycles. The lowest BCUT2D eigenvalue weighted by Gasteiger charge is -2.09. The van der Waals surface area contributed by atoms with Gasteiger partial charge in [0.1, 0.15) is 0 Å². The number of benzene rings is 1. The monoisotopic (exact) mass is 291 g/mol. The first kappa shape index (κ1) is 11.9. The van der Waals surface area contributed by atoms with Gasteiger partial charge in [0, 0.05) is 22.9 Å². The van der Waals surface area contributed by atoms with Gasteiger partial charge in [-0.15, -0.1) is 0 Å². The molecule has 3 nitrogen and oxygen atoms in total. The highest BCUT2D eigenvalue weighted by molar-refractivity contribution is 9.10. The van der Waals surface area contributed by atoms with Crippen molar-refractivity contribution in [3.05, 3.63) is 52.3 Å². The SMILES string of the molecule is Cc1ccc(CNc2ccc(Br)cc2N)cn1. The fraction of sp³-hybridized carbons (Fsp3) is 0.154.